The molecule has 2 aromatic rings. The van der Waals surface area contributed by atoms with Gasteiger partial charge in [0.1, 0.15) is 17.8 Å². The number of amides is 1. The Kier molecular flexibility index (Phi) is 5.85. The van der Waals surface area contributed by atoms with Gasteiger partial charge in [-0.1, -0.05) is 17.7 Å². The molecule has 0 saturated heterocycles. The van der Waals surface area contributed by atoms with Crippen LogP contribution in [0.4, 0.5) is 11.5 Å². The minimum Gasteiger partial charge on any atom is -0.385 e. The van der Waals surface area contributed by atoms with Crippen molar-refractivity contribution in [3.05, 3.63) is 47.9 Å². The van der Waals surface area contributed by atoms with Crippen molar-refractivity contribution < 1.29 is 9.53 Å². The highest BCUT2D eigenvalue weighted by Crippen LogP contribution is 2.11. The predicted octanol–water partition coefficient (Wildman–Crippen LogP) is 2.49. The number of carbonyl (C=O) groups is 1. The Balaban J connectivity index is 1.96. The van der Waals surface area contributed by atoms with Gasteiger partial charge in [0.25, 0.3) is 5.91 Å². The highest BCUT2D eigenvalue weighted by Gasteiger charge is 2.09. The van der Waals surface area contributed by atoms with Crippen molar-refractivity contribution in [3.8, 4) is 0 Å². The molecule has 116 valence electrons. The Bertz CT molecular complexity index is 614. The Hall–Kier alpha value is -2.47. The molecule has 0 aliphatic heterocycles. The second-order valence-electron chi connectivity index (χ2n) is 4.88. The van der Waals surface area contributed by atoms with Gasteiger partial charge in [-0.3, -0.25) is 4.79 Å². The number of aryl methyl sites for hydroxylation is 1. The molecule has 2 N–H and O–H groups in total. The minimum atomic E-state index is -0.258. The molecular formula is C16H20N4O2. The maximum absolute atomic E-state index is 12.2. The maximum Gasteiger partial charge on any atom is 0.274 e. The normalized spacial score (nSPS) is 10.3. The van der Waals surface area contributed by atoms with Crippen molar-refractivity contribution in [2.75, 3.05) is 30.9 Å². The summed E-state index contributed by atoms with van der Waals surface area (Å²) in [6.45, 7) is 3.40. The highest BCUT2D eigenvalue weighted by atomic mass is 16.5. The summed E-state index contributed by atoms with van der Waals surface area (Å²) in [6, 6.07) is 9.24. The lowest BCUT2D eigenvalue weighted by molar-refractivity contribution is 0.102. The predicted molar refractivity (Wildman–Crippen MR) is 86.1 cm³/mol. The lowest BCUT2D eigenvalue weighted by Gasteiger charge is -2.07. The molecule has 6 nitrogen and oxygen atoms in total. The molecule has 2 rings (SSSR count). The van der Waals surface area contributed by atoms with Crippen molar-refractivity contribution in [1.29, 1.82) is 0 Å². The van der Waals surface area contributed by atoms with E-state index >= 15 is 0 Å². The van der Waals surface area contributed by atoms with E-state index in [0.29, 0.717) is 18.1 Å². The Morgan fingerprint density at radius 3 is 2.73 bits per heavy atom. The fraction of sp³-hybridized carbons (Fsp3) is 0.312. The molecule has 0 aliphatic carbocycles. The molecule has 1 amide bonds. The van der Waals surface area contributed by atoms with Crippen LogP contribution in [0.3, 0.4) is 0 Å². The van der Waals surface area contributed by atoms with Crippen LogP contribution in [0.1, 0.15) is 22.5 Å². The zero-order valence-electron chi connectivity index (χ0n) is 12.8. The summed E-state index contributed by atoms with van der Waals surface area (Å²) in [6.07, 6.45) is 2.24. The number of anilines is 2. The summed E-state index contributed by atoms with van der Waals surface area (Å²) >= 11 is 0. The molecule has 0 bridgehead atoms. The monoisotopic (exact) mass is 300 g/mol. The topological polar surface area (TPSA) is 76.1 Å². The average molecular weight is 300 g/mol. The number of methoxy groups -OCH3 is 1. The summed E-state index contributed by atoms with van der Waals surface area (Å²) < 4.78 is 4.98. The van der Waals surface area contributed by atoms with Crippen molar-refractivity contribution in [2.24, 2.45) is 0 Å². The van der Waals surface area contributed by atoms with Gasteiger partial charge in [-0.2, -0.15) is 0 Å². The van der Waals surface area contributed by atoms with E-state index in [4.69, 9.17) is 4.74 Å². The van der Waals surface area contributed by atoms with Crippen LogP contribution in [0.25, 0.3) is 0 Å². The number of rotatable bonds is 7. The molecule has 6 heteroatoms. The van der Waals surface area contributed by atoms with E-state index < -0.39 is 0 Å². The smallest absolute Gasteiger partial charge is 0.274 e. The fourth-order valence-electron chi connectivity index (χ4n) is 1.84. The number of hydrogen-bond acceptors (Lipinski definition) is 5. The lowest BCUT2D eigenvalue weighted by Crippen LogP contribution is -2.15. The molecule has 22 heavy (non-hydrogen) atoms. The van der Waals surface area contributed by atoms with Gasteiger partial charge in [-0.05, 0) is 25.5 Å². The molecule has 0 fully saturated rings. The van der Waals surface area contributed by atoms with Crippen LogP contribution >= 0.6 is 0 Å². The van der Waals surface area contributed by atoms with Gasteiger partial charge < -0.3 is 15.4 Å². The Morgan fingerprint density at radius 1 is 1.23 bits per heavy atom. The summed E-state index contributed by atoms with van der Waals surface area (Å²) in [4.78, 5) is 20.3. The molecule has 0 aliphatic rings. The van der Waals surface area contributed by atoms with Gasteiger partial charge in [0.2, 0.25) is 0 Å². The minimum absolute atomic E-state index is 0.258. The second kappa shape index (κ2) is 8.09. The van der Waals surface area contributed by atoms with Crippen molar-refractivity contribution in [2.45, 2.75) is 13.3 Å². The average Bonchev–Trinajstić information content (AvgIpc) is 2.54. The number of nitrogens with zero attached hydrogens (tertiary/aromatic N) is 2. The molecule has 0 saturated carbocycles. The first-order chi connectivity index (χ1) is 10.7. The number of nitrogens with one attached hydrogen (secondary N) is 2. The summed E-state index contributed by atoms with van der Waals surface area (Å²) in [5.74, 6) is 0.367. The van der Waals surface area contributed by atoms with Crippen LogP contribution in [-0.4, -0.2) is 36.1 Å². The van der Waals surface area contributed by atoms with Crippen molar-refractivity contribution >= 4 is 17.4 Å². The molecular weight excluding hydrogens is 280 g/mol. The number of ether oxygens (including phenoxy) is 1. The zero-order valence-corrected chi connectivity index (χ0v) is 12.8. The van der Waals surface area contributed by atoms with E-state index in [2.05, 4.69) is 20.6 Å². The number of hydrogen-bond donors (Lipinski definition) is 2. The van der Waals surface area contributed by atoms with E-state index in [9.17, 15) is 4.79 Å². The summed E-state index contributed by atoms with van der Waals surface area (Å²) in [7, 11) is 1.66. The van der Waals surface area contributed by atoms with Gasteiger partial charge in [-0.25, -0.2) is 9.97 Å². The van der Waals surface area contributed by atoms with Crippen LogP contribution in [0, 0.1) is 6.92 Å². The van der Waals surface area contributed by atoms with E-state index in [1.165, 1.54) is 6.33 Å². The Morgan fingerprint density at radius 2 is 2.00 bits per heavy atom. The quantitative estimate of drug-likeness (QED) is 0.768. The van der Waals surface area contributed by atoms with Gasteiger partial charge in [0.15, 0.2) is 0 Å². The number of aromatic nitrogens is 2. The molecule has 0 atom stereocenters. The summed E-state index contributed by atoms with van der Waals surface area (Å²) in [5.41, 5.74) is 2.20. The third-order valence-corrected chi connectivity index (χ3v) is 3.04. The molecule has 1 heterocycles. The van der Waals surface area contributed by atoms with Crippen LogP contribution < -0.4 is 10.6 Å². The largest absolute Gasteiger partial charge is 0.385 e. The second-order valence-corrected chi connectivity index (χ2v) is 4.88. The Labute approximate surface area is 129 Å². The first-order valence-electron chi connectivity index (χ1n) is 7.12. The standard InChI is InChI=1S/C16H20N4O2/c1-12-4-6-13(7-5-12)20-16(21)14-10-15(19-11-18-14)17-8-3-9-22-2/h4-7,10-11H,3,8-9H2,1-2H3,(H,20,21)(H,17,18,19). The summed E-state index contributed by atoms with van der Waals surface area (Å²) in [5, 5.41) is 5.95. The van der Waals surface area contributed by atoms with Gasteiger partial charge in [-0.15, -0.1) is 0 Å². The van der Waals surface area contributed by atoms with Crippen LogP contribution in [0.5, 0.6) is 0 Å². The molecule has 0 spiro atoms. The highest BCUT2D eigenvalue weighted by molar-refractivity contribution is 6.03. The van der Waals surface area contributed by atoms with Crippen LogP contribution in [-0.2, 0) is 4.74 Å². The third kappa shape index (κ3) is 4.82. The van der Waals surface area contributed by atoms with Crippen molar-refractivity contribution in [1.82, 2.24) is 9.97 Å². The first-order valence-corrected chi connectivity index (χ1v) is 7.12. The van der Waals surface area contributed by atoms with Gasteiger partial charge >= 0.3 is 0 Å². The van der Waals surface area contributed by atoms with Crippen molar-refractivity contribution in [3.63, 3.8) is 0 Å². The number of benzene rings is 1. The lowest BCUT2D eigenvalue weighted by atomic mass is 10.2. The van der Waals surface area contributed by atoms with Gasteiger partial charge in [0, 0.05) is 32.0 Å². The molecule has 0 radical (unpaired) electrons. The molecule has 1 aromatic carbocycles. The van der Waals surface area contributed by atoms with E-state index in [0.717, 1.165) is 24.2 Å². The zero-order chi connectivity index (χ0) is 15.8. The number of carbonyl (C=O) groups excluding carboxylic acids is 1. The third-order valence-electron chi connectivity index (χ3n) is 3.04. The molecule has 0 unspecified atom stereocenters. The van der Waals surface area contributed by atoms with Crippen LogP contribution in [0.2, 0.25) is 0 Å². The SMILES string of the molecule is COCCCNc1cc(C(=O)Nc2ccc(C)cc2)ncn1. The fourth-order valence-corrected chi connectivity index (χ4v) is 1.84. The van der Waals surface area contributed by atoms with Gasteiger partial charge in [0.05, 0.1) is 0 Å². The van der Waals surface area contributed by atoms with E-state index in [1.807, 2.05) is 31.2 Å². The van der Waals surface area contributed by atoms with Crippen LogP contribution in [0.15, 0.2) is 36.7 Å². The van der Waals surface area contributed by atoms with E-state index in [1.54, 1.807) is 13.2 Å². The maximum atomic E-state index is 12.2. The first kappa shape index (κ1) is 15.9. The van der Waals surface area contributed by atoms with E-state index in [-0.39, 0.29) is 5.91 Å². The molecule has 1 aromatic heterocycles.